The van der Waals surface area contributed by atoms with E-state index in [1.807, 2.05) is 6.92 Å². The van der Waals surface area contributed by atoms with Gasteiger partial charge in [-0.15, -0.1) is 0 Å². The van der Waals surface area contributed by atoms with Gasteiger partial charge in [-0.3, -0.25) is 9.59 Å². The van der Waals surface area contributed by atoms with E-state index >= 15 is 0 Å². The maximum atomic E-state index is 13.6. The summed E-state index contributed by atoms with van der Waals surface area (Å²) >= 11 is 0. The number of esters is 1. The van der Waals surface area contributed by atoms with Crippen LogP contribution in [0.4, 0.5) is 8.78 Å². The Morgan fingerprint density at radius 3 is 2.55 bits per heavy atom. The Kier molecular flexibility index (Phi) is 6.09. The van der Waals surface area contributed by atoms with E-state index in [9.17, 15) is 18.4 Å². The smallest absolute Gasteiger partial charge is 0.325 e. The van der Waals surface area contributed by atoms with Gasteiger partial charge < -0.3 is 9.64 Å². The molecule has 4 nitrogen and oxygen atoms in total. The number of carbonyl (C=O) groups excluding carboxylic acids is 2. The zero-order valence-electron chi connectivity index (χ0n) is 11.5. The van der Waals surface area contributed by atoms with Gasteiger partial charge in [0.1, 0.15) is 18.2 Å². The molecule has 6 heteroatoms. The number of halogens is 2. The van der Waals surface area contributed by atoms with Crippen molar-refractivity contribution in [2.45, 2.75) is 20.3 Å². The highest BCUT2D eigenvalue weighted by Gasteiger charge is 2.22. The van der Waals surface area contributed by atoms with Gasteiger partial charge >= 0.3 is 5.97 Å². The molecule has 20 heavy (non-hydrogen) atoms. The second-order valence-electron chi connectivity index (χ2n) is 4.16. The van der Waals surface area contributed by atoms with Gasteiger partial charge in [0.05, 0.1) is 12.2 Å². The molecular weight excluding hydrogens is 268 g/mol. The Hall–Kier alpha value is -1.98. The summed E-state index contributed by atoms with van der Waals surface area (Å²) in [5.74, 6) is -2.83. The summed E-state index contributed by atoms with van der Waals surface area (Å²) in [4.78, 5) is 24.7. The molecule has 0 fully saturated rings. The van der Waals surface area contributed by atoms with Gasteiger partial charge in [-0.2, -0.15) is 0 Å². The van der Waals surface area contributed by atoms with E-state index in [1.165, 1.54) is 0 Å². The quantitative estimate of drug-likeness (QED) is 0.754. The number of nitrogens with zero attached hydrogens (tertiary/aromatic N) is 1. The third-order valence-electron chi connectivity index (χ3n) is 2.56. The lowest BCUT2D eigenvalue weighted by Crippen LogP contribution is -2.37. The number of carbonyl (C=O) groups is 2. The van der Waals surface area contributed by atoms with Crippen molar-refractivity contribution in [2.75, 3.05) is 19.7 Å². The highest BCUT2D eigenvalue weighted by Crippen LogP contribution is 2.13. The van der Waals surface area contributed by atoms with E-state index in [1.54, 1.807) is 6.92 Å². The normalized spacial score (nSPS) is 10.2. The fourth-order valence-corrected chi connectivity index (χ4v) is 1.72. The summed E-state index contributed by atoms with van der Waals surface area (Å²) in [6.07, 6.45) is 0.585. The van der Waals surface area contributed by atoms with Gasteiger partial charge in [0, 0.05) is 6.54 Å². The van der Waals surface area contributed by atoms with Crippen LogP contribution in [-0.2, 0) is 9.53 Å². The predicted octanol–water partition coefficient (Wildman–Crippen LogP) is 2.38. The Morgan fingerprint density at radius 1 is 1.25 bits per heavy atom. The predicted molar refractivity (Wildman–Crippen MR) is 69.2 cm³/mol. The van der Waals surface area contributed by atoms with E-state index < -0.39 is 23.5 Å². The summed E-state index contributed by atoms with van der Waals surface area (Å²) in [5.41, 5.74) is -0.386. The molecule has 0 spiro atoms. The molecule has 1 aromatic carbocycles. The Morgan fingerprint density at radius 2 is 1.95 bits per heavy atom. The molecular formula is C14H17F2NO3. The third-order valence-corrected chi connectivity index (χ3v) is 2.56. The topological polar surface area (TPSA) is 46.6 Å². The Labute approximate surface area is 116 Å². The Balaban J connectivity index is 2.93. The van der Waals surface area contributed by atoms with Crippen LogP contribution in [-0.4, -0.2) is 36.5 Å². The minimum Gasteiger partial charge on any atom is -0.465 e. The van der Waals surface area contributed by atoms with Gasteiger partial charge in [-0.1, -0.05) is 6.92 Å². The molecule has 0 N–H and O–H groups in total. The van der Waals surface area contributed by atoms with E-state index in [0.29, 0.717) is 6.42 Å². The lowest BCUT2D eigenvalue weighted by Gasteiger charge is -2.21. The molecule has 0 saturated heterocycles. The molecule has 0 aromatic heterocycles. The molecule has 1 rings (SSSR count). The van der Waals surface area contributed by atoms with Crippen LogP contribution in [0.3, 0.4) is 0 Å². The van der Waals surface area contributed by atoms with Gasteiger partial charge in [0.15, 0.2) is 0 Å². The lowest BCUT2D eigenvalue weighted by molar-refractivity contribution is -0.143. The van der Waals surface area contributed by atoms with E-state index in [4.69, 9.17) is 4.74 Å². The van der Waals surface area contributed by atoms with E-state index in [0.717, 1.165) is 23.1 Å². The van der Waals surface area contributed by atoms with Crippen molar-refractivity contribution in [3.8, 4) is 0 Å². The van der Waals surface area contributed by atoms with E-state index in [2.05, 4.69) is 0 Å². The average molecular weight is 285 g/mol. The van der Waals surface area contributed by atoms with Crippen LogP contribution in [0.15, 0.2) is 18.2 Å². The molecule has 0 unspecified atom stereocenters. The fourth-order valence-electron chi connectivity index (χ4n) is 1.72. The number of hydrogen-bond donors (Lipinski definition) is 0. The van der Waals surface area contributed by atoms with Crippen LogP contribution in [0.2, 0.25) is 0 Å². The molecule has 0 radical (unpaired) electrons. The molecule has 0 aliphatic rings. The van der Waals surface area contributed by atoms with Gasteiger partial charge in [-0.25, -0.2) is 8.78 Å². The van der Waals surface area contributed by atoms with Crippen LogP contribution in [0, 0.1) is 11.6 Å². The van der Waals surface area contributed by atoms with Crippen molar-refractivity contribution in [3.05, 3.63) is 35.4 Å². The van der Waals surface area contributed by atoms with E-state index in [-0.39, 0.29) is 25.3 Å². The second kappa shape index (κ2) is 7.57. The number of ether oxygens (including phenoxy) is 1. The minimum atomic E-state index is -0.818. The first kappa shape index (κ1) is 16.1. The molecule has 1 amide bonds. The largest absolute Gasteiger partial charge is 0.465 e. The maximum Gasteiger partial charge on any atom is 0.325 e. The van der Waals surface area contributed by atoms with Crippen molar-refractivity contribution in [3.63, 3.8) is 0 Å². The molecule has 1 aromatic rings. The fraction of sp³-hybridized carbons (Fsp3) is 0.429. The SMILES string of the molecule is CCCN(CC(=O)OCC)C(=O)c1cc(F)ccc1F. The third kappa shape index (κ3) is 4.29. The lowest BCUT2D eigenvalue weighted by atomic mass is 10.1. The summed E-state index contributed by atoms with van der Waals surface area (Å²) in [7, 11) is 0. The maximum absolute atomic E-state index is 13.6. The summed E-state index contributed by atoms with van der Waals surface area (Å²) < 4.78 is 31.4. The van der Waals surface area contributed by atoms with Crippen molar-refractivity contribution < 1.29 is 23.1 Å². The molecule has 0 aliphatic heterocycles. The van der Waals surface area contributed by atoms with Gasteiger partial charge in [0.2, 0.25) is 0 Å². The first-order valence-electron chi connectivity index (χ1n) is 6.39. The molecule has 0 saturated carbocycles. The summed E-state index contributed by atoms with van der Waals surface area (Å²) in [5, 5.41) is 0. The first-order chi connectivity index (χ1) is 9.49. The number of rotatable bonds is 6. The minimum absolute atomic E-state index is 0.196. The number of hydrogen-bond acceptors (Lipinski definition) is 3. The van der Waals surface area contributed by atoms with Crippen molar-refractivity contribution in [1.82, 2.24) is 4.90 Å². The van der Waals surface area contributed by atoms with Crippen LogP contribution in [0.5, 0.6) is 0 Å². The molecule has 0 bridgehead atoms. The summed E-state index contributed by atoms with van der Waals surface area (Å²) in [6.45, 7) is 3.63. The highest BCUT2D eigenvalue weighted by atomic mass is 19.1. The second-order valence-corrected chi connectivity index (χ2v) is 4.16. The standard InChI is InChI=1S/C14H17F2NO3/c1-3-7-17(9-13(18)20-4-2)14(19)11-8-10(15)5-6-12(11)16/h5-6,8H,3-4,7,9H2,1-2H3. The van der Waals surface area contributed by atoms with Crippen molar-refractivity contribution in [1.29, 1.82) is 0 Å². The van der Waals surface area contributed by atoms with Crippen LogP contribution >= 0.6 is 0 Å². The molecule has 0 heterocycles. The number of benzene rings is 1. The zero-order valence-corrected chi connectivity index (χ0v) is 11.5. The van der Waals surface area contributed by atoms with Crippen LogP contribution in [0.25, 0.3) is 0 Å². The highest BCUT2D eigenvalue weighted by molar-refractivity contribution is 5.96. The molecule has 110 valence electrons. The van der Waals surface area contributed by atoms with Crippen molar-refractivity contribution >= 4 is 11.9 Å². The monoisotopic (exact) mass is 285 g/mol. The van der Waals surface area contributed by atoms with Crippen LogP contribution in [0.1, 0.15) is 30.6 Å². The molecule has 0 atom stereocenters. The summed E-state index contributed by atoms with van der Waals surface area (Å²) in [6, 6.07) is 2.64. The van der Waals surface area contributed by atoms with Gasteiger partial charge in [0.25, 0.3) is 5.91 Å². The molecule has 0 aliphatic carbocycles. The van der Waals surface area contributed by atoms with Gasteiger partial charge in [-0.05, 0) is 31.5 Å². The zero-order chi connectivity index (χ0) is 15.1. The number of amides is 1. The Bertz CT molecular complexity index is 491. The first-order valence-corrected chi connectivity index (χ1v) is 6.39. The van der Waals surface area contributed by atoms with Crippen molar-refractivity contribution in [2.24, 2.45) is 0 Å². The average Bonchev–Trinajstić information content (AvgIpc) is 2.40. The van der Waals surface area contributed by atoms with Crippen LogP contribution < -0.4 is 0 Å².